The van der Waals surface area contributed by atoms with Crippen LogP contribution in [0.5, 0.6) is 0 Å². The Bertz CT molecular complexity index is 632. The molecule has 0 fully saturated rings. The van der Waals surface area contributed by atoms with E-state index in [2.05, 4.69) is 0 Å². The first-order chi connectivity index (χ1) is 12.6. The van der Waals surface area contributed by atoms with E-state index in [0.29, 0.717) is 18.1 Å². The van der Waals surface area contributed by atoms with E-state index in [0.717, 1.165) is 0 Å². The van der Waals surface area contributed by atoms with Crippen molar-refractivity contribution in [3.63, 3.8) is 0 Å². The van der Waals surface area contributed by atoms with E-state index >= 15 is 0 Å². The number of ether oxygens (including phenoxy) is 4. The third kappa shape index (κ3) is 5.46. The minimum atomic E-state index is -1.49. The van der Waals surface area contributed by atoms with Crippen molar-refractivity contribution >= 4 is 16.8 Å². The zero-order valence-electron chi connectivity index (χ0n) is 14.8. The monoisotopic (exact) mass is 384 g/mol. The molecular formula is C18H24O7S. The molecule has 144 valence electrons. The first-order valence-electron chi connectivity index (χ1n) is 8.20. The lowest BCUT2D eigenvalue weighted by atomic mass is 9.94. The van der Waals surface area contributed by atoms with Gasteiger partial charge in [-0.05, 0) is 24.6 Å². The van der Waals surface area contributed by atoms with Gasteiger partial charge in [-0.15, -0.1) is 0 Å². The van der Waals surface area contributed by atoms with E-state index in [1.165, 1.54) is 13.2 Å². The largest absolute Gasteiger partial charge is 0.466 e. The smallest absolute Gasteiger partial charge is 0.334 e. The van der Waals surface area contributed by atoms with Gasteiger partial charge in [-0.2, -0.15) is 0 Å². The van der Waals surface area contributed by atoms with Crippen LogP contribution in [-0.4, -0.2) is 67.0 Å². The van der Waals surface area contributed by atoms with Crippen LogP contribution in [0.4, 0.5) is 0 Å². The van der Waals surface area contributed by atoms with Crippen LogP contribution >= 0.6 is 0 Å². The summed E-state index contributed by atoms with van der Waals surface area (Å²) < 4.78 is 33.4. The molecule has 8 heteroatoms. The number of esters is 1. The molecule has 1 unspecified atom stereocenters. The topological polar surface area (TPSA) is 91.3 Å². The van der Waals surface area contributed by atoms with E-state index in [1.807, 2.05) is 6.07 Å². The minimum Gasteiger partial charge on any atom is -0.466 e. The van der Waals surface area contributed by atoms with E-state index < -0.39 is 34.2 Å². The van der Waals surface area contributed by atoms with Crippen molar-refractivity contribution in [1.82, 2.24) is 0 Å². The predicted molar refractivity (Wildman–Crippen MR) is 94.9 cm³/mol. The van der Waals surface area contributed by atoms with Gasteiger partial charge in [0.05, 0.1) is 54.2 Å². The molecule has 1 aromatic carbocycles. The predicted octanol–water partition coefficient (Wildman–Crippen LogP) is 1.03. The van der Waals surface area contributed by atoms with Gasteiger partial charge in [0.25, 0.3) is 0 Å². The maximum Gasteiger partial charge on any atom is 0.334 e. The number of hydrogen-bond acceptors (Lipinski definition) is 7. The van der Waals surface area contributed by atoms with Gasteiger partial charge in [-0.25, -0.2) is 4.79 Å². The van der Waals surface area contributed by atoms with Crippen LogP contribution in [-0.2, 0) is 34.5 Å². The molecule has 7 nitrogen and oxygen atoms in total. The molecule has 0 bridgehead atoms. The Morgan fingerprint density at radius 3 is 2.62 bits per heavy atom. The summed E-state index contributed by atoms with van der Waals surface area (Å²) in [6.07, 6.45) is -0.0829. The zero-order chi connectivity index (χ0) is 18.9. The fourth-order valence-corrected chi connectivity index (χ4v) is 4.14. The molecule has 0 heterocycles. The molecule has 2 rings (SSSR count). The van der Waals surface area contributed by atoms with Crippen molar-refractivity contribution in [1.29, 1.82) is 0 Å². The highest BCUT2D eigenvalue weighted by atomic mass is 32.2. The van der Waals surface area contributed by atoms with Crippen LogP contribution in [0.2, 0.25) is 0 Å². The first kappa shape index (κ1) is 20.7. The van der Waals surface area contributed by atoms with Gasteiger partial charge in [0.1, 0.15) is 6.79 Å². The fraction of sp³-hybridized carbons (Fsp3) is 0.500. The number of carbonyl (C=O) groups excluding carboxylic acids is 1. The van der Waals surface area contributed by atoms with Crippen molar-refractivity contribution < 1.29 is 33.1 Å². The second-order valence-corrected chi connectivity index (χ2v) is 7.30. The second-order valence-electron chi connectivity index (χ2n) is 5.66. The van der Waals surface area contributed by atoms with E-state index in [-0.39, 0.29) is 18.8 Å². The summed E-state index contributed by atoms with van der Waals surface area (Å²) in [5.41, 5.74) is 0.197. The van der Waals surface area contributed by atoms with Crippen LogP contribution < -0.4 is 0 Å². The van der Waals surface area contributed by atoms with Crippen LogP contribution in [0.15, 0.2) is 46.9 Å². The first-order valence-corrected chi connectivity index (χ1v) is 9.41. The molecule has 0 amide bonds. The highest BCUT2D eigenvalue weighted by Crippen LogP contribution is 2.29. The Morgan fingerprint density at radius 2 is 1.96 bits per heavy atom. The molecule has 0 radical (unpaired) electrons. The molecule has 1 aromatic rings. The summed E-state index contributed by atoms with van der Waals surface area (Å²) in [6.45, 7) is 0.767. The highest BCUT2D eigenvalue weighted by molar-refractivity contribution is 7.86. The summed E-state index contributed by atoms with van der Waals surface area (Å²) in [5.74, 6) is -0.604. The van der Waals surface area contributed by atoms with Crippen LogP contribution in [0, 0.1) is 0 Å². The molecule has 0 aliphatic heterocycles. The van der Waals surface area contributed by atoms with Gasteiger partial charge in [0.2, 0.25) is 0 Å². The molecule has 26 heavy (non-hydrogen) atoms. The summed E-state index contributed by atoms with van der Waals surface area (Å²) in [7, 11) is 1.33. The molecule has 1 N–H and O–H groups in total. The van der Waals surface area contributed by atoms with Crippen molar-refractivity contribution in [3.8, 4) is 0 Å². The zero-order valence-corrected chi connectivity index (χ0v) is 15.6. The number of carbonyl (C=O) groups is 1. The van der Waals surface area contributed by atoms with E-state index in [9.17, 15) is 14.1 Å². The fourth-order valence-electron chi connectivity index (χ4n) is 2.62. The van der Waals surface area contributed by atoms with Crippen LogP contribution in [0.25, 0.3) is 0 Å². The van der Waals surface area contributed by atoms with Crippen molar-refractivity contribution in [2.75, 3.05) is 34.2 Å². The standard InChI is InChI=1S/C18H24O7S/c1-22-8-9-24-12-25-16-11-17(14(10-15(16)19)18(20)23-2)26(21)13-6-4-3-5-7-13/h3-7,10,15-17,19H,8-9,11-12H2,1-2H3/t15-,16-,17-,26?/m1/s1. The van der Waals surface area contributed by atoms with Gasteiger partial charge in [-0.3, -0.25) is 4.21 Å². The molecule has 1 aliphatic rings. The van der Waals surface area contributed by atoms with Gasteiger partial charge in [0, 0.05) is 12.0 Å². The van der Waals surface area contributed by atoms with Crippen molar-refractivity contribution in [2.45, 2.75) is 28.8 Å². The van der Waals surface area contributed by atoms with E-state index in [4.69, 9.17) is 18.9 Å². The number of rotatable bonds is 9. The number of methoxy groups -OCH3 is 2. The van der Waals surface area contributed by atoms with Gasteiger partial charge >= 0.3 is 5.97 Å². The Morgan fingerprint density at radius 1 is 1.23 bits per heavy atom. The van der Waals surface area contributed by atoms with Crippen molar-refractivity contribution in [3.05, 3.63) is 42.0 Å². The Hall–Kier alpha value is -1.58. The maximum absolute atomic E-state index is 13.0. The molecule has 0 aromatic heterocycles. The molecular weight excluding hydrogens is 360 g/mol. The third-order valence-electron chi connectivity index (χ3n) is 3.98. The van der Waals surface area contributed by atoms with Gasteiger partial charge in [0.15, 0.2) is 0 Å². The normalized spacial score (nSPS) is 24.0. The summed E-state index contributed by atoms with van der Waals surface area (Å²) >= 11 is 0. The molecule has 0 spiro atoms. The highest BCUT2D eigenvalue weighted by Gasteiger charge is 2.38. The number of benzene rings is 1. The molecule has 4 atom stereocenters. The molecule has 0 saturated heterocycles. The molecule has 0 saturated carbocycles. The third-order valence-corrected chi connectivity index (χ3v) is 5.68. The number of hydrogen-bond donors (Lipinski definition) is 1. The van der Waals surface area contributed by atoms with Gasteiger partial charge in [-0.1, -0.05) is 18.2 Å². The summed E-state index contributed by atoms with van der Waals surface area (Å²) in [6, 6.07) is 8.86. The Labute approximate surface area is 155 Å². The lowest BCUT2D eigenvalue weighted by Crippen LogP contribution is -2.41. The Kier molecular flexibility index (Phi) is 8.40. The minimum absolute atomic E-state index is 0.0306. The van der Waals surface area contributed by atoms with E-state index in [1.54, 1.807) is 31.4 Å². The summed E-state index contributed by atoms with van der Waals surface area (Å²) in [5, 5.41) is 9.63. The maximum atomic E-state index is 13.0. The number of aliphatic hydroxyl groups excluding tert-OH is 1. The lowest BCUT2D eigenvalue weighted by molar-refractivity contribution is -0.138. The van der Waals surface area contributed by atoms with Crippen LogP contribution in [0.3, 0.4) is 0 Å². The average Bonchev–Trinajstić information content (AvgIpc) is 2.68. The second kappa shape index (κ2) is 10.5. The lowest BCUT2D eigenvalue weighted by Gasteiger charge is -2.31. The average molecular weight is 384 g/mol. The Balaban J connectivity index is 2.13. The SMILES string of the molecule is COCCOCO[C@@H]1C[C@@H](S(=O)c2ccccc2)C(C(=O)OC)=C[C@H]1O. The number of aliphatic hydroxyl groups is 1. The van der Waals surface area contributed by atoms with Crippen LogP contribution in [0.1, 0.15) is 6.42 Å². The summed E-state index contributed by atoms with van der Waals surface area (Å²) in [4.78, 5) is 12.7. The van der Waals surface area contributed by atoms with Gasteiger partial charge < -0.3 is 24.1 Å². The quantitative estimate of drug-likeness (QED) is 0.386. The molecule has 1 aliphatic carbocycles. The van der Waals surface area contributed by atoms with Crippen molar-refractivity contribution in [2.24, 2.45) is 0 Å².